The lowest BCUT2D eigenvalue weighted by Gasteiger charge is -2.15. The molecule has 4 heteroatoms. The van der Waals surface area contributed by atoms with Crippen LogP contribution >= 0.6 is 27.3 Å². The lowest BCUT2D eigenvalue weighted by atomic mass is 10.1. The minimum atomic E-state index is 0.178. The van der Waals surface area contributed by atoms with Crippen molar-refractivity contribution in [3.63, 3.8) is 0 Å². The molecule has 78 valence electrons. The summed E-state index contributed by atoms with van der Waals surface area (Å²) in [6.07, 6.45) is 1.90. The van der Waals surface area contributed by atoms with Crippen molar-refractivity contribution >= 4 is 27.3 Å². The Balaban J connectivity index is 2.72. The predicted molar refractivity (Wildman–Crippen MR) is 66.1 cm³/mol. The van der Waals surface area contributed by atoms with E-state index in [1.807, 2.05) is 6.07 Å². The van der Waals surface area contributed by atoms with Gasteiger partial charge < -0.3 is 0 Å². The second-order valence-corrected chi connectivity index (χ2v) is 4.96. The van der Waals surface area contributed by atoms with Crippen molar-refractivity contribution in [3.05, 3.63) is 32.9 Å². The molecule has 1 heterocycles. The Hall–Kier alpha value is -0.160. The lowest BCUT2D eigenvalue weighted by molar-refractivity contribution is 0.551. The van der Waals surface area contributed by atoms with E-state index in [-0.39, 0.29) is 6.04 Å². The molecule has 1 aromatic rings. The van der Waals surface area contributed by atoms with Gasteiger partial charge in [0, 0.05) is 9.35 Å². The molecule has 0 aromatic carbocycles. The van der Waals surface area contributed by atoms with E-state index in [0.29, 0.717) is 0 Å². The molecule has 1 atom stereocenters. The van der Waals surface area contributed by atoms with Crippen LogP contribution in [0.4, 0.5) is 0 Å². The van der Waals surface area contributed by atoms with Crippen LogP contribution in [-0.4, -0.2) is 0 Å². The van der Waals surface area contributed by atoms with Crippen molar-refractivity contribution in [2.45, 2.75) is 25.8 Å². The van der Waals surface area contributed by atoms with Crippen LogP contribution in [0.1, 0.15) is 30.7 Å². The highest BCUT2D eigenvalue weighted by Gasteiger charge is 2.14. The predicted octanol–water partition coefficient (Wildman–Crippen LogP) is 3.37. The Morgan fingerprint density at radius 2 is 2.50 bits per heavy atom. The molecule has 0 radical (unpaired) electrons. The molecule has 0 amide bonds. The third-order valence-corrected chi connectivity index (χ3v) is 4.14. The van der Waals surface area contributed by atoms with Gasteiger partial charge in [0.25, 0.3) is 0 Å². The van der Waals surface area contributed by atoms with E-state index in [9.17, 15) is 0 Å². The SMILES string of the molecule is C=C(CC)CC(NN)c1sccc1Br. The van der Waals surface area contributed by atoms with Crippen molar-refractivity contribution in [1.29, 1.82) is 0 Å². The van der Waals surface area contributed by atoms with Crippen LogP contribution in [0, 0.1) is 0 Å². The molecular weight excluding hydrogens is 260 g/mol. The van der Waals surface area contributed by atoms with Gasteiger partial charge >= 0.3 is 0 Å². The third kappa shape index (κ3) is 2.92. The maximum atomic E-state index is 5.53. The van der Waals surface area contributed by atoms with Crippen molar-refractivity contribution in [2.24, 2.45) is 5.84 Å². The van der Waals surface area contributed by atoms with Crippen LogP contribution in [0.15, 0.2) is 28.1 Å². The summed E-state index contributed by atoms with van der Waals surface area (Å²) in [6.45, 7) is 6.10. The summed E-state index contributed by atoms with van der Waals surface area (Å²) in [5.41, 5.74) is 4.05. The quantitative estimate of drug-likeness (QED) is 0.491. The molecule has 2 nitrogen and oxygen atoms in total. The fourth-order valence-electron chi connectivity index (χ4n) is 1.21. The van der Waals surface area contributed by atoms with E-state index in [0.717, 1.165) is 17.3 Å². The first-order valence-electron chi connectivity index (χ1n) is 4.54. The summed E-state index contributed by atoms with van der Waals surface area (Å²) in [6, 6.07) is 2.22. The summed E-state index contributed by atoms with van der Waals surface area (Å²) in [5, 5.41) is 2.05. The first kappa shape index (κ1) is 11.9. The smallest absolute Gasteiger partial charge is 0.0601 e. The van der Waals surface area contributed by atoms with Gasteiger partial charge in [-0.05, 0) is 40.2 Å². The molecular formula is C10H15BrN2S. The summed E-state index contributed by atoms with van der Waals surface area (Å²) < 4.78 is 1.12. The number of nitrogens with one attached hydrogen (secondary N) is 1. The number of hydrogen-bond acceptors (Lipinski definition) is 3. The molecule has 0 saturated carbocycles. The van der Waals surface area contributed by atoms with Gasteiger partial charge in [0.05, 0.1) is 6.04 Å². The summed E-state index contributed by atoms with van der Waals surface area (Å²) >= 11 is 5.21. The first-order chi connectivity index (χ1) is 6.69. The first-order valence-corrected chi connectivity index (χ1v) is 6.22. The van der Waals surface area contributed by atoms with Gasteiger partial charge in [-0.15, -0.1) is 11.3 Å². The van der Waals surface area contributed by atoms with E-state index in [4.69, 9.17) is 5.84 Å². The van der Waals surface area contributed by atoms with Crippen LogP contribution in [0.2, 0.25) is 0 Å². The molecule has 1 unspecified atom stereocenters. The fourth-order valence-corrected chi connectivity index (χ4v) is 2.93. The van der Waals surface area contributed by atoms with Gasteiger partial charge in [0.1, 0.15) is 0 Å². The minimum absolute atomic E-state index is 0.178. The maximum absolute atomic E-state index is 5.53. The average molecular weight is 275 g/mol. The van der Waals surface area contributed by atoms with Gasteiger partial charge in [-0.25, -0.2) is 0 Å². The highest BCUT2D eigenvalue weighted by Crippen LogP contribution is 2.32. The molecule has 0 saturated heterocycles. The molecule has 1 rings (SSSR count). The zero-order valence-corrected chi connectivity index (χ0v) is 10.6. The van der Waals surface area contributed by atoms with Gasteiger partial charge in [0.2, 0.25) is 0 Å². The molecule has 0 aliphatic carbocycles. The number of thiophene rings is 1. The Kier molecular flexibility index (Phi) is 4.81. The number of hydrogen-bond donors (Lipinski definition) is 2. The molecule has 0 bridgehead atoms. The van der Waals surface area contributed by atoms with E-state index >= 15 is 0 Å². The van der Waals surface area contributed by atoms with Crippen LogP contribution in [0.3, 0.4) is 0 Å². The van der Waals surface area contributed by atoms with Crippen LogP contribution in [-0.2, 0) is 0 Å². The van der Waals surface area contributed by atoms with E-state index in [1.54, 1.807) is 11.3 Å². The zero-order chi connectivity index (χ0) is 10.6. The zero-order valence-electron chi connectivity index (χ0n) is 8.22. The third-order valence-electron chi connectivity index (χ3n) is 2.16. The second-order valence-electron chi connectivity index (χ2n) is 3.16. The summed E-state index contributed by atoms with van der Waals surface area (Å²) in [4.78, 5) is 1.24. The molecule has 0 aliphatic heterocycles. The van der Waals surface area contributed by atoms with Gasteiger partial charge in [-0.3, -0.25) is 11.3 Å². The Morgan fingerprint density at radius 3 is 2.93 bits per heavy atom. The molecule has 0 spiro atoms. The number of nitrogens with two attached hydrogens (primary N) is 1. The second kappa shape index (κ2) is 5.66. The van der Waals surface area contributed by atoms with Crippen LogP contribution < -0.4 is 11.3 Å². The Labute approximate surface area is 97.3 Å². The monoisotopic (exact) mass is 274 g/mol. The van der Waals surface area contributed by atoms with Crippen LogP contribution in [0.25, 0.3) is 0 Å². The largest absolute Gasteiger partial charge is 0.271 e. The Bertz CT molecular complexity index is 309. The van der Waals surface area contributed by atoms with Crippen molar-refractivity contribution in [2.75, 3.05) is 0 Å². The normalized spacial score (nSPS) is 12.8. The van der Waals surface area contributed by atoms with E-state index in [1.165, 1.54) is 10.5 Å². The van der Waals surface area contributed by atoms with Crippen molar-refractivity contribution in [3.8, 4) is 0 Å². The van der Waals surface area contributed by atoms with Crippen molar-refractivity contribution < 1.29 is 0 Å². The van der Waals surface area contributed by atoms with Gasteiger partial charge in [-0.1, -0.05) is 19.1 Å². The number of rotatable bonds is 5. The maximum Gasteiger partial charge on any atom is 0.0601 e. The highest BCUT2D eigenvalue weighted by atomic mass is 79.9. The molecule has 0 aliphatic rings. The minimum Gasteiger partial charge on any atom is -0.271 e. The van der Waals surface area contributed by atoms with Gasteiger partial charge in [-0.2, -0.15) is 0 Å². The highest BCUT2D eigenvalue weighted by molar-refractivity contribution is 9.10. The summed E-state index contributed by atoms with van der Waals surface area (Å²) in [5.74, 6) is 5.53. The number of hydrazine groups is 1. The standard InChI is InChI=1S/C10H15BrN2S/c1-3-7(2)6-9(13-12)10-8(11)4-5-14-10/h4-5,9,13H,2-3,6,12H2,1H3. The average Bonchev–Trinajstić information content (AvgIpc) is 2.60. The van der Waals surface area contributed by atoms with E-state index in [2.05, 4.69) is 40.2 Å². The Morgan fingerprint density at radius 1 is 1.79 bits per heavy atom. The molecule has 0 fully saturated rings. The molecule has 3 N–H and O–H groups in total. The van der Waals surface area contributed by atoms with E-state index < -0.39 is 0 Å². The van der Waals surface area contributed by atoms with Crippen LogP contribution in [0.5, 0.6) is 0 Å². The topological polar surface area (TPSA) is 38.0 Å². The molecule has 14 heavy (non-hydrogen) atoms. The van der Waals surface area contributed by atoms with Gasteiger partial charge in [0.15, 0.2) is 0 Å². The number of halogens is 1. The van der Waals surface area contributed by atoms with Crippen molar-refractivity contribution in [1.82, 2.24) is 5.43 Å². The molecule has 1 aromatic heterocycles. The summed E-state index contributed by atoms with van der Waals surface area (Å²) in [7, 11) is 0. The lowest BCUT2D eigenvalue weighted by Crippen LogP contribution is -2.27. The fraction of sp³-hybridized carbons (Fsp3) is 0.400.